The molecule has 1 aliphatic rings. The number of benzene rings is 1. The molecule has 0 heterocycles. The number of ketones is 1. The monoisotopic (exact) mass is 232 g/mol. The molecule has 0 aromatic heterocycles. The fraction of sp³-hybridized carbons (Fsp3) is 0.533. The number of hydrogen-bond donors (Lipinski definition) is 0. The quantitative estimate of drug-likeness (QED) is 0.776. The van der Waals surface area contributed by atoms with Crippen molar-refractivity contribution in [2.24, 2.45) is 5.92 Å². The molecule has 1 aliphatic carbocycles. The molecule has 0 N–H and O–H groups in total. The molecule has 92 valence electrons. The van der Waals surface area contributed by atoms with Crippen molar-refractivity contribution in [3.05, 3.63) is 28.8 Å². The van der Waals surface area contributed by atoms with E-state index in [1.165, 1.54) is 5.56 Å². The van der Waals surface area contributed by atoms with Gasteiger partial charge in [0.2, 0.25) is 0 Å². The standard InChI is InChI=1S/C15H20O2/c1-9(2)11-5-6-14(16)13-8-15(17-4)10(3)7-12(11)13/h7-9,11H,5-6H2,1-4H3/t11-/m0/s1. The maximum Gasteiger partial charge on any atom is 0.163 e. The van der Waals surface area contributed by atoms with Gasteiger partial charge in [-0.15, -0.1) is 0 Å². The van der Waals surface area contributed by atoms with E-state index >= 15 is 0 Å². The molecule has 2 heteroatoms. The maximum absolute atomic E-state index is 12.0. The number of carbonyl (C=O) groups excluding carboxylic acids is 1. The minimum absolute atomic E-state index is 0.259. The fourth-order valence-corrected chi connectivity index (χ4v) is 2.75. The minimum atomic E-state index is 0.259. The number of methoxy groups -OCH3 is 1. The molecular weight excluding hydrogens is 212 g/mol. The summed E-state index contributed by atoms with van der Waals surface area (Å²) >= 11 is 0. The summed E-state index contributed by atoms with van der Waals surface area (Å²) in [5.74, 6) is 2.17. The number of carbonyl (C=O) groups is 1. The van der Waals surface area contributed by atoms with E-state index in [9.17, 15) is 4.79 Å². The highest BCUT2D eigenvalue weighted by atomic mass is 16.5. The molecule has 0 spiro atoms. The first-order valence-corrected chi connectivity index (χ1v) is 6.26. The van der Waals surface area contributed by atoms with Crippen LogP contribution in [0.5, 0.6) is 5.75 Å². The van der Waals surface area contributed by atoms with E-state index in [4.69, 9.17) is 4.74 Å². The average molecular weight is 232 g/mol. The SMILES string of the molecule is COc1cc2c(cc1C)[C@H](C(C)C)CCC2=O. The molecule has 1 aromatic carbocycles. The third-order valence-electron chi connectivity index (χ3n) is 3.75. The summed E-state index contributed by atoms with van der Waals surface area (Å²) in [5, 5.41) is 0. The molecule has 2 rings (SSSR count). The first-order valence-electron chi connectivity index (χ1n) is 6.26. The highest BCUT2D eigenvalue weighted by molar-refractivity contribution is 5.99. The third-order valence-corrected chi connectivity index (χ3v) is 3.75. The first kappa shape index (κ1) is 12.2. The van der Waals surface area contributed by atoms with E-state index in [0.717, 1.165) is 23.3 Å². The maximum atomic E-state index is 12.0. The van der Waals surface area contributed by atoms with Crippen LogP contribution in [0.3, 0.4) is 0 Å². The number of ether oxygens (including phenoxy) is 1. The van der Waals surface area contributed by atoms with Gasteiger partial charge in [0, 0.05) is 12.0 Å². The van der Waals surface area contributed by atoms with Gasteiger partial charge in [-0.25, -0.2) is 0 Å². The minimum Gasteiger partial charge on any atom is -0.496 e. The zero-order valence-corrected chi connectivity index (χ0v) is 11.0. The zero-order valence-electron chi connectivity index (χ0n) is 11.0. The second-order valence-electron chi connectivity index (χ2n) is 5.22. The van der Waals surface area contributed by atoms with E-state index in [1.807, 2.05) is 13.0 Å². The Labute approximate surface area is 103 Å². The van der Waals surface area contributed by atoms with Gasteiger partial charge in [0.1, 0.15) is 5.75 Å². The summed E-state index contributed by atoms with van der Waals surface area (Å²) in [6.07, 6.45) is 1.65. The van der Waals surface area contributed by atoms with Crippen molar-refractivity contribution < 1.29 is 9.53 Å². The molecule has 1 aromatic rings. The molecule has 0 aliphatic heterocycles. The largest absolute Gasteiger partial charge is 0.496 e. The lowest BCUT2D eigenvalue weighted by molar-refractivity contribution is 0.0962. The molecule has 2 nitrogen and oxygen atoms in total. The number of fused-ring (bicyclic) bond motifs is 1. The van der Waals surface area contributed by atoms with Crippen LogP contribution in [0.25, 0.3) is 0 Å². The van der Waals surface area contributed by atoms with Gasteiger partial charge in [-0.2, -0.15) is 0 Å². The number of aryl methyl sites for hydroxylation is 1. The normalized spacial score (nSPS) is 19.4. The van der Waals surface area contributed by atoms with Crippen LogP contribution >= 0.6 is 0 Å². The Kier molecular flexibility index (Phi) is 3.23. The highest BCUT2D eigenvalue weighted by Gasteiger charge is 2.28. The van der Waals surface area contributed by atoms with Gasteiger partial charge in [-0.3, -0.25) is 4.79 Å². The van der Waals surface area contributed by atoms with Crippen LogP contribution in [0, 0.1) is 12.8 Å². The van der Waals surface area contributed by atoms with Crippen molar-refractivity contribution in [2.75, 3.05) is 7.11 Å². The predicted octanol–water partition coefficient (Wildman–Crippen LogP) is 3.72. The predicted molar refractivity (Wildman–Crippen MR) is 68.9 cm³/mol. The van der Waals surface area contributed by atoms with E-state index in [-0.39, 0.29) is 5.78 Å². The van der Waals surface area contributed by atoms with Crippen molar-refractivity contribution in [2.45, 2.75) is 39.5 Å². The lowest BCUT2D eigenvalue weighted by Gasteiger charge is -2.28. The van der Waals surface area contributed by atoms with Crippen molar-refractivity contribution in [3.63, 3.8) is 0 Å². The molecule has 1 atom stereocenters. The lowest BCUT2D eigenvalue weighted by Crippen LogP contribution is -2.19. The van der Waals surface area contributed by atoms with Gasteiger partial charge in [-0.1, -0.05) is 19.9 Å². The van der Waals surface area contributed by atoms with Crippen LogP contribution in [0.2, 0.25) is 0 Å². The number of rotatable bonds is 2. The average Bonchev–Trinajstić information content (AvgIpc) is 2.28. The highest BCUT2D eigenvalue weighted by Crippen LogP contribution is 2.39. The van der Waals surface area contributed by atoms with Gasteiger partial charge < -0.3 is 4.74 Å². The Hall–Kier alpha value is -1.31. The number of Topliss-reactive ketones (excluding diaryl/α,β-unsaturated/α-hetero) is 1. The van der Waals surface area contributed by atoms with Crippen LogP contribution in [-0.4, -0.2) is 12.9 Å². The van der Waals surface area contributed by atoms with Crippen LogP contribution < -0.4 is 4.74 Å². The summed E-state index contributed by atoms with van der Waals surface area (Å²) in [5.41, 5.74) is 3.21. The molecule has 0 fully saturated rings. The second-order valence-corrected chi connectivity index (χ2v) is 5.22. The van der Waals surface area contributed by atoms with Gasteiger partial charge in [0.25, 0.3) is 0 Å². The van der Waals surface area contributed by atoms with Crippen molar-refractivity contribution in [3.8, 4) is 5.75 Å². The van der Waals surface area contributed by atoms with Gasteiger partial charge in [0.05, 0.1) is 7.11 Å². The Bertz CT molecular complexity index is 446. The first-order chi connectivity index (χ1) is 8.04. The molecule has 0 saturated heterocycles. The van der Waals surface area contributed by atoms with E-state index in [0.29, 0.717) is 18.3 Å². The van der Waals surface area contributed by atoms with Gasteiger partial charge in [-0.05, 0) is 42.4 Å². The van der Waals surface area contributed by atoms with Gasteiger partial charge in [0.15, 0.2) is 5.78 Å². The van der Waals surface area contributed by atoms with E-state index < -0.39 is 0 Å². The van der Waals surface area contributed by atoms with E-state index in [2.05, 4.69) is 19.9 Å². The molecule has 0 amide bonds. The summed E-state index contributed by atoms with van der Waals surface area (Å²) in [4.78, 5) is 12.0. The summed E-state index contributed by atoms with van der Waals surface area (Å²) in [6, 6.07) is 4.05. The van der Waals surface area contributed by atoms with Crippen LogP contribution in [0.4, 0.5) is 0 Å². The summed E-state index contributed by atoms with van der Waals surface area (Å²) in [7, 11) is 1.65. The van der Waals surface area contributed by atoms with Crippen LogP contribution in [-0.2, 0) is 0 Å². The Morgan fingerprint density at radius 2 is 2.06 bits per heavy atom. The fourth-order valence-electron chi connectivity index (χ4n) is 2.75. The molecule has 0 radical (unpaired) electrons. The smallest absolute Gasteiger partial charge is 0.163 e. The van der Waals surface area contributed by atoms with Crippen molar-refractivity contribution in [1.82, 2.24) is 0 Å². The number of hydrogen-bond acceptors (Lipinski definition) is 2. The van der Waals surface area contributed by atoms with Crippen LogP contribution in [0.1, 0.15) is 54.1 Å². The third kappa shape index (κ3) is 2.08. The van der Waals surface area contributed by atoms with Crippen LogP contribution in [0.15, 0.2) is 12.1 Å². The van der Waals surface area contributed by atoms with Crippen molar-refractivity contribution in [1.29, 1.82) is 0 Å². The molecule has 0 unspecified atom stereocenters. The summed E-state index contributed by atoms with van der Waals surface area (Å²) < 4.78 is 5.30. The topological polar surface area (TPSA) is 26.3 Å². The summed E-state index contributed by atoms with van der Waals surface area (Å²) in [6.45, 7) is 6.49. The molecule has 0 bridgehead atoms. The Morgan fingerprint density at radius 3 is 2.65 bits per heavy atom. The molecule has 0 saturated carbocycles. The Balaban J connectivity index is 2.55. The Morgan fingerprint density at radius 1 is 1.35 bits per heavy atom. The van der Waals surface area contributed by atoms with Crippen molar-refractivity contribution >= 4 is 5.78 Å². The lowest BCUT2D eigenvalue weighted by atomic mass is 9.76. The van der Waals surface area contributed by atoms with E-state index in [1.54, 1.807) is 7.11 Å². The molecule has 17 heavy (non-hydrogen) atoms. The second kappa shape index (κ2) is 4.52. The molecular formula is C15H20O2. The zero-order chi connectivity index (χ0) is 12.6. The van der Waals surface area contributed by atoms with Gasteiger partial charge >= 0.3 is 0 Å².